The van der Waals surface area contributed by atoms with Crippen LogP contribution in [0.1, 0.15) is 33.1 Å². The number of amides is 1. The van der Waals surface area contributed by atoms with Crippen LogP contribution in [0.2, 0.25) is 0 Å². The molecule has 1 heterocycles. The number of hydrogen-bond donors (Lipinski definition) is 1. The van der Waals surface area contributed by atoms with Crippen LogP contribution in [-0.4, -0.2) is 29.4 Å². The Labute approximate surface area is 73.9 Å². The van der Waals surface area contributed by atoms with Crippen LogP contribution in [-0.2, 0) is 4.79 Å². The van der Waals surface area contributed by atoms with Crippen LogP contribution >= 0.6 is 0 Å². The van der Waals surface area contributed by atoms with Crippen LogP contribution < -0.4 is 5.73 Å². The van der Waals surface area contributed by atoms with Crippen LogP contribution in [0.5, 0.6) is 0 Å². The van der Waals surface area contributed by atoms with Gasteiger partial charge in [-0.15, -0.1) is 0 Å². The van der Waals surface area contributed by atoms with Gasteiger partial charge in [-0.25, -0.2) is 0 Å². The second-order valence-corrected chi connectivity index (χ2v) is 3.65. The first kappa shape index (κ1) is 9.52. The maximum Gasteiger partial charge on any atom is 0.224 e. The lowest BCUT2D eigenvalue weighted by Crippen LogP contribution is -2.35. The second-order valence-electron chi connectivity index (χ2n) is 3.65. The lowest BCUT2D eigenvalue weighted by Gasteiger charge is -2.23. The van der Waals surface area contributed by atoms with Gasteiger partial charge in [0.25, 0.3) is 0 Å². The molecule has 0 spiro atoms. The normalized spacial score (nSPS) is 26.4. The Morgan fingerprint density at radius 1 is 1.75 bits per heavy atom. The van der Waals surface area contributed by atoms with Crippen molar-refractivity contribution in [1.82, 2.24) is 4.90 Å². The predicted molar refractivity (Wildman–Crippen MR) is 48.7 cm³/mol. The number of carbonyl (C=O) groups is 1. The average molecular weight is 170 g/mol. The van der Waals surface area contributed by atoms with Gasteiger partial charge in [0.05, 0.1) is 0 Å². The van der Waals surface area contributed by atoms with Crippen molar-refractivity contribution in [2.45, 2.75) is 45.2 Å². The molecule has 12 heavy (non-hydrogen) atoms. The monoisotopic (exact) mass is 170 g/mol. The van der Waals surface area contributed by atoms with E-state index in [1.165, 1.54) is 0 Å². The van der Waals surface area contributed by atoms with Gasteiger partial charge < -0.3 is 10.6 Å². The highest BCUT2D eigenvalue weighted by Gasteiger charge is 2.29. The van der Waals surface area contributed by atoms with Crippen LogP contribution in [0, 0.1) is 0 Å². The van der Waals surface area contributed by atoms with Crippen molar-refractivity contribution in [1.29, 1.82) is 0 Å². The van der Waals surface area contributed by atoms with Gasteiger partial charge in [-0.3, -0.25) is 4.79 Å². The molecule has 0 aromatic rings. The fraction of sp³-hybridized carbons (Fsp3) is 0.889. The number of nitrogens with two attached hydrogens (primary N) is 1. The van der Waals surface area contributed by atoms with E-state index in [9.17, 15) is 4.79 Å². The largest absolute Gasteiger partial charge is 0.338 e. The van der Waals surface area contributed by atoms with E-state index in [1.807, 2.05) is 4.90 Å². The van der Waals surface area contributed by atoms with Gasteiger partial charge in [0, 0.05) is 25.0 Å². The third kappa shape index (κ3) is 1.97. The molecule has 0 aromatic carbocycles. The molecule has 1 aliphatic heterocycles. The van der Waals surface area contributed by atoms with Gasteiger partial charge in [-0.1, -0.05) is 13.3 Å². The number of nitrogens with zero attached hydrogens (tertiary/aromatic N) is 1. The Morgan fingerprint density at radius 3 is 2.83 bits per heavy atom. The summed E-state index contributed by atoms with van der Waals surface area (Å²) < 4.78 is 0. The van der Waals surface area contributed by atoms with Gasteiger partial charge in [0.15, 0.2) is 0 Å². The molecular formula is C9H18N2O. The summed E-state index contributed by atoms with van der Waals surface area (Å²) in [6, 6.07) is 0.438. The Hall–Kier alpha value is -0.570. The summed E-state index contributed by atoms with van der Waals surface area (Å²) in [4.78, 5) is 13.3. The van der Waals surface area contributed by atoms with E-state index in [1.54, 1.807) is 0 Å². The maximum absolute atomic E-state index is 11.3. The van der Waals surface area contributed by atoms with Crippen molar-refractivity contribution in [2.24, 2.45) is 5.73 Å². The van der Waals surface area contributed by atoms with Crippen molar-refractivity contribution >= 4 is 5.91 Å². The molecule has 1 aliphatic rings. The smallest absolute Gasteiger partial charge is 0.224 e. The Bertz CT molecular complexity index is 170. The molecule has 1 saturated heterocycles. The quantitative estimate of drug-likeness (QED) is 0.679. The summed E-state index contributed by atoms with van der Waals surface area (Å²) in [6.07, 6.45) is 2.74. The fourth-order valence-electron chi connectivity index (χ4n) is 1.76. The minimum Gasteiger partial charge on any atom is -0.338 e. The summed E-state index contributed by atoms with van der Waals surface area (Å²) in [5, 5.41) is 0. The standard InChI is InChI=1S/C9H18N2O/c1-3-4-7(2)11-6-8(10)5-9(11)12/h7-8H,3-6,10H2,1-2H3. The lowest BCUT2D eigenvalue weighted by molar-refractivity contribution is -0.129. The number of carbonyl (C=O) groups excluding carboxylic acids is 1. The molecule has 0 saturated carbocycles. The number of hydrogen-bond acceptors (Lipinski definition) is 2. The summed E-state index contributed by atoms with van der Waals surface area (Å²) in [7, 11) is 0. The topological polar surface area (TPSA) is 46.3 Å². The first-order chi connectivity index (χ1) is 5.65. The average Bonchev–Trinajstić information content (AvgIpc) is 2.30. The molecule has 2 atom stereocenters. The van der Waals surface area contributed by atoms with E-state index in [4.69, 9.17) is 5.73 Å². The molecule has 3 nitrogen and oxygen atoms in total. The van der Waals surface area contributed by atoms with Gasteiger partial charge >= 0.3 is 0 Å². The molecule has 1 fully saturated rings. The number of rotatable bonds is 3. The van der Waals surface area contributed by atoms with Crippen molar-refractivity contribution < 1.29 is 4.79 Å². The summed E-state index contributed by atoms with van der Waals surface area (Å²) >= 11 is 0. The minimum atomic E-state index is 0.0665. The third-order valence-electron chi connectivity index (χ3n) is 2.43. The molecule has 3 heteroatoms. The van der Waals surface area contributed by atoms with E-state index >= 15 is 0 Å². The van der Waals surface area contributed by atoms with E-state index in [2.05, 4.69) is 13.8 Å². The summed E-state index contributed by atoms with van der Waals surface area (Å²) in [5.74, 6) is 0.225. The molecule has 1 rings (SSSR count). The summed E-state index contributed by atoms with van der Waals surface area (Å²) in [6.45, 7) is 4.98. The zero-order chi connectivity index (χ0) is 9.14. The third-order valence-corrected chi connectivity index (χ3v) is 2.43. The molecule has 0 aliphatic carbocycles. The first-order valence-corrected chi connectivity index (χ1v) is 4.70. The number of likely N-dealkylation sites (tertiary alicyclic amines) is 1. The van der Waals surface area contributed by atoms with Crippen LogP contribution in [0.25, 0.3) is 0 Å². The first-order valence-electron chi connectivity index (χ1n) is 4.70. The molecule has 1 amide bonds. The van der Waals surface area contributed by atoms with Crippen LogP contribution in [0.3, 0.4) is 0 Å². The minimum absolute atomic E-state index is 0.0665. The highest BCUT2D eigenvalue weighted by Crippen LogP contribution is 2.15. The van der Waals surface area contributed by atoms with Crippen molar-refractivity contribution in [3.8, 4) is 0 Å². The molecule has 2 N–H and O–H groups in total. The lowest BCUT2D eigenvalue weighted by atomic mass is 10.2. The SMILES string of the molecule is CCCC(C)N1CC(N)CC1=O. The maximum atomic E-state index is 11.3. The highest BCUT2D eigenvalue weighted by atomic mass is 16.2. The Balaban J connectivity index is 2.46. The van der Waals surface area contributed by atoms with Crippen LogP contribution in [0.4, 0.5) is 0 Å². The molecule has 2 unspecified atom stereocenters. The van der Waals surface area contributed by atoms with Crippen molar-refractivity contribution in [3.05, 3.63) is 0 Å². The second kappa shape index (κ2) is 3.90. The van der Waals surface area contributed by atoms with E-state index in [0.717, 1.165) is 19.4 Å². The van der Waals surface area contributed by atoms with Gasteiger partial charge in [-0.05, 0) is 13.3 Å². The summed E-state index contributed by atoms with van der Waals surface area (Å²) in [5.41, 5.74) is 5.69. The zero-order valence-corrected chi connectivity index (χ0v) is 7.92. The van der Waals surface area contributed by atoms with E-state index < -0.39 is 0 Å². The Kier molecular flexibility index (Phi) is 3.09. The Morgan fingerprint density at radius 2 is 2.42 bits per heavy atom. The van der Waals surface area contributed by atoms with E-state index in [0.29, 0.717) is 12.5 Å². The zero-order valence-electron chi connectivity index (χ0n) is 7.92. The van der Waals surface area contributed by atoms with Crippen LogP contribution in [0.15, 0.2) is 0 Å². The van der Waals surface area contributed by atoms with Crippen molar-refractivity contribution in [3.63, 3.8) is 0 Å². The van der Waals surface area contributed by atoms with E-state index in [-0.39, 0.29) is 11.9 Å². The fourth-order valence-corrected chi connectivity index (χ4v) is 1.76. The molecule has 0 radical (unpaired) electrons. The van der Waals surface area contributed by atoms with Gasteiger partial charge in [0.2, 0.25) is 5.91 Å². The van der Waals surface area contributed by atoms with Crippen molar-refractivity contribution in [2.75, 3.05) is 6.54 Å². The predicted octanol–water partition coefficient (Wildman–Crippen LogP) is 0.735. The van der Waals surface area contributed by atoms with Gasteiger partial charge in [0.1, 0.15) is 0 Å². The highest BCUT2D eigenvalue weighted by molar-refractivity contribution is 5.79. The molecule has 0 bridgehead atoms. The molecule has 0 aromatic heterocycles. The molecular weight excluding hydrogens is 152 g/mol. The van der Waals surface area contributed by atoms with Gasteiger partial charge in [-0.2, -0.15) is 0 Å². The molecule has 70 valence electrons.